The normalized spacial score (nSPS) is 40.9. The second-order valence-corrected chi connectivity index (χ2v) is 12.3. The van der Waals surface area contributed by atoms with E-state index >= 15 is 0 Å². The van der Waals surface area contributed by atoms with Crippen LogP contribution in [0.15, 0.2) is 0 Å². The number of rotatable bonds is 14. The smallest absolute Gasteiger partial charge is 0.268 e. The van der Waals surface area contributed by atoms with E-state index < -0.39 is 83.0 Å². The maximum absolute atomic E-state index is 12.9. The van der Waals surface area contributed by atoms with Gasteiger partial charge in [-0.3, -0.25) is 9.13 Å². The highest BCUT2D eigenvalue weighted by atomic mass is 31.2. The quantitative estimate of drug-likeness (QED) is 0.191. The number of ether oxygens (including phenoxy) is 5. The molecule has 3 aliphatic heterocycles. The predicted octanol–water partition coefficient (Wildman–Crippen LogP) is -0.594. The molecule has 6 radical (unpaired) electrons. The first-order valence-corrected chi connectivity index (χ1v) is 15.3. The summed E-state index contributed by atoms with van der Waals surface area (Å²) in [5.74, 6) is 0. The van der Waals surface area contributed by atoms with E-state index in [1.807, 2.05) is 0 Å². The fourth-order valence-electron chi connectivity index (χ4n) is 4.50. The van der Waals surface area contributed by atoms with Crippen LogP contribution >= 0.6 is 15.6 Å². The summed E-state index contributed by atoms with van der Waals surface area (Å²) < 4.78 is 73.1. The lowest BCUT2D eigenvalue weighted by Crippen LogP contribution is -2.40. The van der Waals surface area contributed by atoms with Crippen LogP contribution in [0.25, 0.3) is 0 Å². The van der Waals surface area contributed by atoms with Crippen molar-refractivity contribution in [1.82, 2.24) is 0 Å². The molecule has 0 N–H and O–H groups in total. The van der Waals surface area contributed by atoms with Crippen molar-refractivity contribution in [2.75, 3.05) is 20.3 Å². The molecular weight excluding hydrogens is 543 g/mol. The molecule has 3 aliphatic rings. The van der Waals surface area contributed by atoms with Crippen molar-refractivity contribution in [3.8, 4) is 0 Å². The highest BCUT2D eigenvalue weighted by molar-refractivity contribution is 7.46. The first kappa shape index (κ1) is 32.7. The molecule has 0 aliphatic carbocycles. The Morgan fingerprint density at radius 3 is 2.00 bits per heavy atom. The Balaban J connectivity index is 1.59. The third kappa shape index (κ3) is 9.11. The maximum Gasteiger partial charge on any atom is 0.268 e. The van der Waals surface area contributed by atoms with E-state index in [1.165, 1.54) is 7.11 Å². The lowest BCUT2D eigenvalue weighted by Gasteiger charge is -2.34. The molecule has 3 saturated heterocycles. The molecular formula is C20H33B3O13P2-2. The monoisotopic (exact) mass is 576 g/mol. The van der Waals surface area contributed by atoms with Gasteiger partial charge in [-0.25, -0.2) is 0 Å². The standard InChI is InChI=1S/C20H35B3O13P2/c1-5-11-12(6-16(21)31-11)34-37(24,25)30-9-14-13(7-17(22)32-14)35-38(26,27)36-18-15(8-29-10(2)3)33-20(23)19(18)28-4/h10-20H,5-9H2,1-4H3,(H,24,25)(H,26,27)/p-2/t11?,12?,13?,14?,15?,16?,17?,18?,19-,20?/m1/s1. The lowest BCUT2D eigenvalue weighted by molar-refractivity contribution is -0.241. The van der Waals surface area contributed by atoms with Crippen LogP contribution in [0.2, 0.25) is 0 Å². The van der Waals surface area contributed by atoms with Gasteiger partial charge in [0, 0.05) is 25.1 Å². The molecule has 18 heteroatoms. The van der Waals surface area contributed by atoms with Gasteiger partial charge in [-0.15, -0.1) is 0 Å². The summed E-state index contributed by atoms with van der Waals surface area (Å²) in [6.07, 6.45) is -6.21. The average Bonchev–Trinajstić information content (AvgIpc) is 3.43. The zero-order valence-corrected chi connectivity index (χ0v) is 23.6. The SMILES string of the molecule is [B]C1CC(OP(=O)([O-])OCC2OC([B])CC2OP(=O)([O-])OC2C(COC(C)C)OC([B])[C@@H]2OC)C(CC)O1. The lowest BCUT2D eigenvalue weighted by atomic mass is 9.93. The van der Waals surface area contributed by atoms with Crippen LogP contribution in [-0.4, -0.2) is 111 Å². The van der Waals surface area contributed by atoms with Crippen LogP contribution in [-0.2, 0) is 50.9 Å². The molecule has 0 aromatic heterocycles. The zero-order valence-electron chi connectivity index (χ0n) is 21.8. The van der Waals surface area contributed by atoms with E-state index in [9.17, 15) is 18.9 Å². The van der Waals surface area contributed by atoms with Gasteiger partial charge in [-0.2, -0.15) is 0 Å². The van der Waals surface area contributed by atoms with E-state index in [-0.39, 0.29) is 25.6 Å². The predicted molar refractivity (Wildman–Crippen MR) is 130 cm³/mol. The summed E-state index contributed by atoms with van der Waals surface area (Å²) in [5, 5.41) is 0. The number of hydrogen-bond acceptors (Lipinski definition) is 13. The Hall–Kier alpha value is 0.215. The molecule has 3 heterocycles. The van der Waals surface area contributed by atoms with Gasteiger partial charge in [0.25, 0.3) is 15.6 Å². The van der Waals surface area contributed by atoms with Crippen molar-refractivity contribution in [3.05, 3.63) is 0 Å². The Bertz CT molecular complexity index is 857. The highest BCUT2D eigenvalue weighted by Crippen LogP contribution is 2.48. The van der Waals surface area contributed by atoms with E-state index in [0.29, 0.717) is 6.42 Å². The van der Waals surface area contributed by atoms with Crippen molar-refractivity contribution < 1.29 is 60.7 Å². The fourth-order valence-corrected chi connectivity index (χ4v) is 6.60. The van der Waals surface area contributed by atoms with Gasteiger partial charge >= 0.3 is 0 Å². The van der Waals surface area contributed by atoms with Gasteiger partial charge in [0.2, 0.25) is 0 Å². The van der Waals surface area contributed by atoms with Crippen LogP contribution in [0.4, 0.5) is 0 Å². The van der Waals surface area contributed by atoms with E-state index in [0.717, 1.165) is 0 Å². The minimum atomic E-state index is -5.05. The summed E-state index contributed by atoms with van der Waals surface area (Å²) >= 11 is 0. The van der Waals surface area contributed by atoms with Crippen molar-refractivity contribution in [3.63, 3.8) is 0 Å². The van der Waals surface area contributed by atoms with Crippen molar-refractivity contribution >= 4 is 39.2 Å². The second-order valence-electron chi connectivity index (χ2n) is 9.58. The molecule has 0 spiro atoms. The van der Waals surface area contributed by atoms with Gasteiger partial charge < -0.3 is 51.6 Å². The van der Waals surface area contributed by atoms with Crippen LogP contribution in [0.3, 0.4) is 0 Å². The van der Waals surface area contributed by atoms with E-state index in [1.54, 1.807) is 20.8 Å². The molecule has 12 atom stereocenters. The number of methoxy groups -OCH3 is 1. The van der Waals surface area contributed by atoms with E-state index in [4.69, 9.17) is 65.3 Å². The summed E-state index contributed by atoms with van der Waals surface area (Å²) in [6.45, 7) is 4.79. The summed E-state index contributed by atoms with van der Waals surface area (Å²) in [5.41, 5.74) is 0. The molecule has 11 unspecified atom stereocenters. The third-order valence-corrected chi connectivity index (χ3v) is 8.27. The maximum atomic E-state index is 12.9. The molecule has 0 aromatic carbocycles. The minimum absolute atomic E-state index is 0.00160. The highest BCUT2D eigenvalue weighted by Gasteiger charge is 2.46. The first-order valence-electron chi connectivity index (χ1n) is 12.4. The molecule has 212 valence electrons. The second kappa shape index (κ2) is 13.9. The minimum Gasteiger partial charge on any atom is -0.756 e. The van der Waals surface area contributed by atoms with Gasteiger partial charge in [0.1, 0.15) is 48.0 Å². The Kier molecular flexibility index (Phi) is 12.0. The van der Waals surface area contributed by atoms with Gasteiger partial charge in [0.15, 0.2) is 0 Å². The molecule has 0 amide bonds. The van der Waals surface area contributed by atoms with Gasteiger partial charge in [0.05, 0.1) is 37.6 Å². The fraction of sp³-hybridized carbons (Fsp3) is 1.00. The average molecular weight is 576 g/mol. The van der Waals surface area contributed by atoms with Crippen LogP contribution < -0.4 is 9.79 Å². The molecule has 3 rings (SSSR count). The Labute approximate surface area is 227 Å². The topological polar surface area (TPSA) is 163 Å². The largest absolute Gasteiger partial charge is 0.756 e. The third-order valence-electron chi connectivity index (χ3n) is 6.25. The van der Waals surface area contributed by atoms with Gasteiger partial charge in [-0.05, 0) is 33.1 Å². The van der Waals surface area contributed by atoms with Crippen molar-refractivity contribution in [1.29, 1.82) is 0 Å². The first-order chi connectivity index (χ1) is 17.7. The number of phosphoric acid groups is 2. The molecule has 0 saturated carbocycles. The Morgan fingerprint density at radius 2 is 1.42 bits per heavy atom. The number of phosphoric ester groups is 2. The molecule has 38 heavy (non-hydrogen) atoms. The van der Waals surface area contributed by atoms with Crippen molar-refractivity contribution in [2.45, 2.75) is 107 Å². The van der Waals surface area contributed by atoms with Crippen LogP contribution in [0.5, 0.6) is 0 Å². The van der Waals surface area contributed by atoms with E-state index in [2.05, 4.69) is 0 Å². The van der Waals surface area contributed by atoms with Gasteiger partial charge in [-0.1, -0.05) is 6.92 Å². The zero-order chi connectivity index (χ0) is 28.3. The molecule has 0 aromatic rings. The van der Waals surface area contributed by atoms with Crippen molar-refractivity contribution in [2.24, 2.45) is 0 Å². The number of hydrogen-bond donors (Lipinski definition) is 0. The van der Waals surface area contributed by atoms with Crippen LogP contribution in [0.1, 0.15) is 40.0 Å². The molecule has 3 fully saturated rings. The Morgan fingerprint density at radius 1 is 0.842 bits per heavy atom. The molecule has 0 bridgehead atoms. The summed E-state index contributed by atoms with van der Waals surface area (Å²) in [6, 6.07) is -2.55. The molecule has 13 nitrogen and oxygen atoms in total. The summed E-state index contributed by atoms with van der Waals surface area (Å²) in [4.78, 5) is 25.3. The van der Waals surface area contributed by atoms with Crippen LogP contribution in [0, 0.1) is 0 Å². The summed E-state index contributed by atoms with van der Waals surface area (Å²) in [7, 11) is 8.88.